The molecule has 0 rings (SSSR count). The Bertz CT molecular complexity index is 420. The molecule has 3 unspecified atom stereocenters. The van der Waals surface area contributed by atoms with Gasteiger partial charge in [-0.3, -0.25) is 4.79 Å². The van der Waals surface area contributed by atoms with E-state index < -0.39 is 6.17 Å². The second-order valence-corrected chi connectivity index (χ2v) is 7.82. The van der Waals surface area contributed by atoms with E-state index >= 15 is 0 Å². The number of rotatable bonds is 24. The maximum atomic E-state index is 13.7. The molecule has 2 N–H and O–H groups in total. The number of nitrogens with one attached hydrogen (secondary N) is 2. The summed E-state index contributed by atoms with van der Waals surface area (Å²) in [7, 11) is 0. The fraction of sp³-hybridized carbons (Fsp3) is 0.957. The molecule has 0 radical (unpaired) electrons. The zero-order valence-corrected chi connectivity index (χ0v) is 20.7. The largest absolute Gasteiger partial charge is 0.378 e. The van der Waals surface area contributed by atoms with Crippen LogP contribution in [0.2, 0.25) is 0 Å². The molecular formula is C23H47FN2O6. The third-order valence-electron chi connectivity index (χ3n) is 4.81. The van der Waals surface area contributed by atoms with E-state index in [0.29, 0.717) is 65.5 Å². The SMILES string of the molecule is CCCC(C)C(=O)NCC(F)COCCOCCOCCOCCOCCNC(C)CC. The average molecular weight is 467 g/mol. The Hall–Kier alpha value is -0.840. The minimum atomic E-state index is -1.22. The van der Waals surface area contributed by atoms with Gasteiger partial charge in [-0.05, 0) is 19.8 Å². The van der Waals surface area contributed by atoms with Gasteiger partial charge in [-0.2, -0.15) is 0 Å². The van der Waals surface area contributed by atoms with Crippen molar-refractivity contribution in [2.24, 2.45) is 5.92 Å². The highest BCUT2D eigenvalue weighted by Crippen LogP contribution is 2.04. The van der Waals surface area contributed by atoms with Gasteiger partial charge in [0.1, 0.15) is 6.17 Å². The van der Waals surface area contributed by atoms with Gasteiger partial charge in [-0.25, -0.2) is 4.39 Å². The molecule has 0 heterocycles. The van der Waals surface area contributed by atoms with Crippen LogP contribution in [0.1, 0.15) is 47.0 Å². The Morgan fingerprint density at radius 3 is 1.81 bits per heavy atom. The molecule has 32 heavy (non-hydrogen) atoms. The van der Waals surface area contributed by atoms with Crippen LogP contribution >= 0.6 is 0 Å². The molecule has 0 saturated heterocycles. The Morgan fingerprint density at radius 1 is 0.812 bits per heavy atom. The van der Waals surface area contributed by atoms with Crippen molar-refractivity contribution < 1.29 is 32.9 Å². The lowest BCUT2D eigenvalue weighted by Crippen LogP contribution is -2.35. The third kappa shape index (κ3) is 21.0. The first-order chi connectivity index (χ1) is 15.5. The van der Waals surface area contributed by atoms with Gasteiger partial charge < -0.3 is 34.3 Å². The van der Waals surface area contributed by atoms with Crippen LogP contribution < -0.4 is 10.6 Å². The smallest absolute Gasteiger partial charge is 0.222 e. The van der Waals surface area contributed by atoms with Crippen LogP contribution in [0.25, 0.3) is 0 Å². The maximum Gasteiger partial charge on any atom is 0.222 e. The highest BCUT2D eigenvalue weighted by atomic mass is 19.1. The number of halogens is 1. The van der Waals surface area contributed by atoms with Crippen molar-refractivity contribution in [2.75, 3.05) is 79.2 Å². The first kappa shape index (κ1) is 31.2. The summed E-state index contributed by atoms with van der Waals surface area (Å²) in [5.74, 6) is -0.196. The van der Waals surface area contributed by atoms with Crippen LogP contribution in [0.15, 0.2) is 0 Å². The number of carbonyl (C=O) groups is 1. The predicted octanol–water partition coefficient (Wildman–Crippen LogP) is 2.35. The molecule has 3 atom stereocenters. The molecule has 0 fully saturated rings. The first-order valence-electron chi connectivity index (χ1n) is 12.0. The van der Waals surface area contributed by atoms with E-state index in [-0.39, 0.29) is 25.0 Å². The highest BCUT2D eigenvalue weighted by molar-refractivity contribution is 5.78. The number of ether oxygens (including phenoxy) is 5. The standard InChI is InChI=1S/C23H47FN2O6/c1-5-7-20(3)23(27)26-18-22(24)19-32-17-16-31-15-14-30-13-12-29-11-10-28-9-8-25-21(4)6-2/h20-22,25H,5-19H2,1-4H3,(H,26,27). The lowest BCUT2D eigenvalue weighted by Gasteiger charge is -2.14. The van der Waals surface area contributed by atoms with Crippen molar-refractivity contribution in [3.8, 4) is 0 Å². The number of alkyl halides is 1. The topological polar surface area (TPSA) is 87.3 Å². The monoisotopic (exact) mass is 466 g/mol. The first-order valence-corrected chi connectivity index (χ1v) is 12.0. The fourth-order valence-corrected chi connectivity index (χ4v) is 2.62. The summed E-state index contributed by atoms with van der Waals surface area (Å²) in [6.45, 7) is 13.4. The van der Waals surface area contributed by atoms with E-state index in [0.717, 1.165) is 25.8 Å². The van der Waals surface area contributed by atoms with Gasteiger partial charge in [0.05, 0.1) is 72.6 Å². The van der Waals surface area contributed by atoms with Gasteiger partial charge in [0, 0.05) is 18.5 Å². The van der Waals surface area contributed by atoms with Crippen LogP contribution in [0, 0.1) is 5.92 Å². The van der Waals surface area contributed by atoms with Crippen molar-refractivity contribution in [2.45, 2.75) is 59.2 Å². The van der Waals surface area contributed by atoms with Crippen LogP contribution in [-0.4, -0.2) is 97.3 Å². The lowest BCUT2D eigenvalue weighted by atomic mass is 10.1. The Labute approximate surface area is 194 Å². The Balaban J connectivity index is 3.25. The van der Waals surface area contributed by atoms with Gasteiger partial charge in [0.15, 0.2) is 0 Å². The second-order valence-electron chi connectivity index (χ2n) is 7.82. The van der Waals surface area contributed by atoms with Gasteiger partial charge >= 0.3 is 0 Å². The molecule has 192 valence electrons. The molecule has 0 aromatic heterocycles. The Morgan fingerprint density at radius 2 is 1.31 bits per heavy atom. The molecule has 0 aliphatic carbocycles. The molecule has 0 aromatic carbocycles. The molecule has 0 aliphatic rings. The third-order valence-corrected chi connectivity index (χ3v) is 4.81. The maximum absolute atomic E-state index is 13.7. The molecule has 9 heteroatoms. The van der Waals surface area contributed by atoms with E-state index in [1.807, 2.05) is 13.8 Å². The minimum Gasteiger partial charge on any atom is -0.378 e. The van der Waals surface area contributed by atoms with E-state index in [9.17, 15) is 9.18 Å². The normalized spacial score (nSPS) is 14.3. The molecule has 1 amide bonds. The van der Waals surface area contributed by atoms with Crippen molar-refractivity contribution >= 4 is 5.91 Å². The zero-order chi connectivity index (χ0) is 23.9. The molecule has 0 spiro atoms. The summed E-state index contributed by atoms with van der Waals surface area (Å²) >= 11 is 0. The van der Waals surface area contributed by atoms with Gasteiger partial charge in [-0.1, -0.05) is 27.2 Å². The molecule has 0 aliphatic heterocycles. The van der Waals surface area contributed by atoms with Gasteiger partial charge in [0.2, 0.25) is 5.91 Å². The van der Waals surface area contributed by atoms with E-state index in [2.05, 4.69) is 24.5 Å². The Kier molecular flexibility index (Phi) is 22.7. The second kappa shape index (κ2) is 23.3. The van der Waals surface area contributed by atoms with Crippen LogP contribution in [0.3, 0.4) is 0 Å². The van der Waals surface area contributed by atoms with Crippen LogP contribution in [-0.2, 0) is 28.5 Å². The highest BCUT2D eigenvalue weighted by Gasteiger charge is 2.14. The summed E-state index contributed by atoms with van der Waals surface area (Å²) in [5.41, 5.74) is 0. The van der Waals surface area contributed by atoms with E-state index in [4.69, 9.17) is 23.7 Å². The van der Waals surface area contributed by atoms with Crippen molar-refractivity contribution in [3.63, 3.8) is 0 Å². The van der Waals surface area contributed by atoms with Crippen LogP contribution in [0.5, 0.6) is 0 Å². The minimum absolute atomic E-state index is 0.0226. The molecule has 0 bridgehead atoms. The fourth-order valence-electron chi connectivity index (χ4n) is 2.62. The van der Waals surface area contributed by atoms with Crippen molar-refractivity contribution in [1.29, 1.82) is 0 Å². The van der Waals surface area contributed by atoms with Crippen LogP contribution in [0.4, 0.5) is 4.39 Å². The summed E-state index contributed by atoms with van der Waals surface area (Å²) in [4.78, 5) is 11.7. The molecule has 0 aromatic rings. The summed E-state index contributed by atoms with van der Waals surface area (Å²) < 4.78 is 40.6. The number of carbonyl (C=O) groups excluding carboxylic acids is 1. The number of hydrogen-bond donors (Lipinski definition) is 2. The lowest BCUT2D eigenvalue weighted by molar-refractivity contribution is -0.125. The molecule has 0 saturated carbocycles. The number of amides is 1. The summed E-state index contributed by atoms with van der Waals surface area (Å²) in [6.07, 6.45) is 1.63. The quantitative estimate of drug-likeness (QED) is 0.211. The van der Waals surface area contributed by atoms with E-state index in [1.165, 1.54) is 0 Å². The predicted molar refractivity (Wildman–Crippen MR) is 124 cm³/mol. The summed E-state index contributed by atoms with van der Waals surface area (Å²) in [5, 5.41) is 5.98. The van der Waals surface area contributed by atoms with Gasteiger partial charge in [-0.15, -0.1) is 0 Å². The number of hydrogen-bond acceptors (Lipinski definition) is 7. The van der Waals surface area contributed by atoms with Crippen molar-refractivity contribution in [1.82, 2.24) is 10.6 Å². The molecular weight excluding hydrogens is 419 g/mol. The zero-order valence-electron chi connectivity index (χ0n) is 20.7. The molecule has 8 nitrogen and oxygen atoms in total. The average Bonchev–Trinajstić information content (AvgIpc) is 2.79. The van der Waals surface area contributed by atoms with Gasteiger partial charge in [0.25, 0.3) is 0 Å². The van der Waals surface area contributed by atoms with Crippen molar-refractivity contribution in [3.05, 3.63) is 0 Å². The van der Waals surface area contributed by atoms with E-state index in [1.54, 1.807) is 0 Å². The summed E-state index contributed by atoms with van der Waals surface area (Å²) in [6, 6.07) is 0.524.